The van der Waals surface area contributed by atoms with Gasteiger partial charge >= 0.3 is 0 Å². The number of piperidine rings is 1. The van der Waals surface area contributed by atoms with E-state index in [2.05, 4.69) is 40.9 Å². The number of nitrogens with zero attached hydrogens (tertiary/aromatic N) is 2. The van der Waals surface area contributed by atoms with E-state index in [1.165, 1.54) is 11.4 Å². The highest BCUT2D eigenvalue weighted by Crippen LogP contribution is 2.28. The first-order valence-electron chi connectivity index (χ1n) is 6.90. The van der Waals surface area contributed by atoms with Gasteiger partial charge in [0.05, 0.1) is 17.6 Å². The zero-order chi connectivity index (χ0) is 13.2. The van der Waals surface area contributed by atoms with Crippen LogP contribution in [0.1, 0.15) is 30.1 Å². The molecule has 1 N–H and O–H groups in total. The maximum Gasteiger partial charge on any atom is 0.113 e. The van der Waals surface area contributed by atoms with Crippen molar-refractivity contribution in [3.63, 3.8) is 0 Å². The molecule has 98 valence electrons. The summed E-state index contributed by atoms with van der Waals surface area (Å²) in [5.74, 6) is 4.46. The molecule has 1 aliphatic rings. The number of terminal acetylenes is 1. The minimum absolute atomic E-state index is 0.530. The summed E-state index contributed by atoms with van der Waals surface area (Å²) < 4.78 is 2.21. The number of rotatable bonds is 2. The van der Waals surface area contributed by atoms with E-state index in [-0.39, 0.29) is 0 Å². The lowest BCUT2D eigenvalue weighted by Crippen LogP contribution is -2.28. The fraction of sp³-hybridized carbons (Fsp3) is 0.438. The molecule has 2 aromatic rings. The molecule has 1 aliphatic heterocycles. The van der Waals surface area contributed by atoms with Crippen molar-refractivity contribution in [1.82, 2.24) is 14.9 Å². The third-order valence-electron chi connectivity index (χ3n) is 3.89. The van der Waals surface area contributed by atoms with Gasteiger partial charge < -0.3 is 9.88 Å². The zero-order valence-electron chi connectivity index (χ0n) is 11.3. The molecule has 1 aromatic heterocycles. The molecule has 0 unspecified atom stereocenters. The predicted octanol–water partition coefficient (Wildman–Crippen LogP) is 2.44. The normalized spacial score (nSPS) is 16.6. The van der Waals surface area contributed by atoms with Crippen LogP contribution in [0.3, 0.4) is 0 Å². The van der Waals surface area contributed by atoms with Gasteiger partial charge in [0.25, 0.3) is 0 Å². The Morgan fingerprint density at radius 1 is 1.42 bits per heavy atom. The number of aryl methyl sites for hydroxylation is 1. The van der Waals surface area contributed by atoms with Gasteiger partial charge in [-0.1, -0.05) is 12.0 Å². The molecule has 0 amide bonds. The van der Waals surface area contributed by atoms with Crippen LogP contribution < -0.4 is 5.32 Å². The van der Waals surface area contributed by atoms with Gasteiger partial charge in [-0.15, -0.1) is 6.42 Å². The van der Waals surface area contributed by atoms with Crippen molar-refractivity contribution < 1.29 is 0 Å². The summed E-state index contributed by atoms with van der Waals surface area (Å²) >= 11 is 0. The minimum Gasteiger partial charge on any atom is -0.317 e. The summed E-state index contributed by atoms with van der Waals surface area (Å²) in [7, 11) is 0. The Balaban J connectivity index is 2.11. The van der Waals surface area contributed by atoms with Gasteiger partial charge in [-0.25, -0.2) is 4.98 Å². The fourth-order valence-electron chi connectivity index (χ4n) is 2.91. The molecule has 0 spiro atoms. The first kappa shape index (κ1) is 12.3. The smallest absolute Gasteiger partial charge is 0.113 e. The van der Waals surface area contributed by atoms with Crippen molar-refractivity contribution in [2.45, 2.75) is 32.2 Å². The van der Waals surface area contributed by atoms with Crippen LogP contribution in [-0.2, 0) is 6.54 Å². The van der Waals surface area contributed by atoms with E-state index in [1.54, 1.807) is 0 Å². The van der Waals surface area contributed by atoms with Gasteiger partial charge in [0, 0.05) is 5.92 Å². The molecule has 3 heteroatoms. The summed E-state index contributed by atoms with van der Waals surface area (Å²) in [5, 5.41) is 3.40. The van der Waals surface area contributed by atoms with E-state index in [9.17, 15) is 0 Å². The molecule has 0 radical (unpaired) electrons. The van der Waals surface area contributed by atoms with Crippen LogP contribution in [-0.4, -0.2) is 22.6 Å². The molecule has 3 nitrogen and oxygen atoms in total. The van der Waals surface area contributed by atoms with Crippen LogP contribution in [0, 0.1) is 19.3 Å². The Labute approximate surface area is 114 Å². The molecule has 1 aromatic carbocycles. The zero-order valence-corrected chi connectivity index (χ0v) is 11.3. The maximum absolute atomic E-state index is 5.53. The van der Waals surface area contributed by atoms with Crippen LogP contribution in [0.5, 0.6) is 0 Å². The molecule has 1 saturated heterocycles. The highest BCUT2D eigenvalue weighted by Gasteiger charge is 2.21. The van der Waals surface area contributed by atoms with Crippen LogP contribution in [0.25, 0.3) is 11.0 Å². The van der Waals surface area contributed by atoms with Gasteiger partial charge in [-0.3, -0.25) is 0 Å². The Morgan fingerprint density at radius 2 is 2.21 bits per heavy atom. The first-order valence-corrected chi connectivity index (χ1v) is 6.90. The quantitative estimate of drug-likeness (QED) is 0.833. The lowest BCUT2D eigenvalue weighted by Gasteiger charge is -2.22. The summed E-state index contributed by atoms with van der Waals surface area (Å²) in [5.41, 5.74) is 3.48. The molecular formula is C16H19N3. The summed E-state index contributed by atoms with van der Waals surface area (Å²) in [4.78, 5) is 4.86. The molecule has 1 fully saturated rings. The second-order valence-corrected chi connectivity index (χ2v) is 5.28. The molecule has 0 aliphatic carbocycles. The third-order valence-corrected chi connectivity index (χ3v) is 3.89. The predicted molar refractivity (Wildman–Crippen MR) is 78.1 cm³/mol. The number of fused-ring (bicyclic) bond motifs is 1. The molecule has 3 rings (SSSR count). The Hall–Kier alpha value is -1.79. The topological polar surface area (TPSA) is 29.9 Å². The minimum atomic E-state index is 0.530. The van der Waals surface area contributed by atoms with E-state index < -0.39 is 0 Å². The second kappa shape index (κ2) is 5.07. The number of hydrogen-bond donors (Lipinski definition) is 1. The van der Waals surface area contributed by atoms with Crippen molar-refractivity contribution in [3.8, 4) is 12.3 Å². The number of benzene rings is 1. The van der Waals surface area contributed by atoms with Crippen LogP contribution >= 0.6 is 0 Å². The lowest BCUT2D eigenvalue weighted by atomic mass is 9.97. The number of imidazole rings is 1. The fourth-order valence-corrected chi connectivity index (χ4v) is 2.91. The van der Waals surface area contributed by atoms with Crippen molar-refractivity contribution in [2.75, 3.05) is 13.1 Å². The molecule has 0 bridgehead atoms. The molecular weight excluding hydrogens is 234 g/mol. The van der Waals surface area contributed by atoms with E-state index >= 15 is 0 Å². The number of hydrogen-bond acceptors (Lipinski definition) is 2. The lowest BCUT2D eigenvalue weighted by molar-refractivity contribution is 0.436. The monoisotopic (exact) mass is 253 g/mol. The molecule has 0 atom stereocenters. The van der Waals surface area contributed by atoms with Crippen LogP contribution in [0.2, 0.25) is 0 Å². The highest BCUT2D eigenvalue weighted by molar-refractivity contribution is 5.77. The molecule has 2 heterocycles. The van der Waals surface area contributed by atoms with Crippen molar-refractivity contribution >= 4 is 11.0 Å². The largest absolute Gasteiger partial charge is 0.317 e. The average Bonchev–Trinajstić information content (AvgIpc) is 2.78. The Kier molecular flexibility index (Phi) is 3.27. The highest BCUT2D eigenvalue weighted by atomic mass is 15.1. The Bertz CT molecular complexity index is 627. The van der Waals surface area contributed by atoms with Crippen LogP contribution in [0.4, 0.5) is 0 Å². The van der Waals surface area contributed by atoms with Gasteiger partial charge in [0.2, 0.25) is 0 Å². The van der Waals surface area contributed by atoms with Crippen molar-refractivity contribution in [3.05, 3.63) is 29.6 Å². The molecule has 0 saturated carbocycles. The third kappa shape index (κ3) is 2.24. The molecule has 19 heavy (non-hydrogen) atoms. The van der Waals surface area contributed by atoms with E-state index in [1.807, 2.05) is 0 Å². The number of nitrogens with one attached hydrogen (secondary N) is 1. The second-order valence-electron chi connectivity index (χ2n) is 5.28. The Morgan fingerprint density at radius 3 is 2.95 bits per heavy atom. The van der Waals surface area contributed by atoms with E-state index in [0.29, 0.717) is 12.5 Å². The van der Waals surface area contributed by atoms with E-state index in [4.69, 9.17) is 11.4 Å². The van der Waals surface area contributed by atoms with Gasteiger partial charge in [-0.05, 0) is 50.6 Å². The van der Waals surface area contributed by atoms with Crippen molar-refractivity contribution in [2.24, 2.45) is 0 Å². The van der Waals surface area contributed by atoms with E-state index in [0.717, 1.165) is 37.0 Å². The van der Waals surface area contributed by atoms with Gasteiger partial charge in [-0.2, -0.15) is 0 Å². The van der Waals surface area contributed by atoms with Gasteiger partial charge in [0.15, 0.2) is 0 Å². The summed E-state index contributed by atoms with van der Waals surface area (Å²) in [6.45, 7) is 4.86. The van der Waals surface area contributed by atoms with Crippen LogP contribution in [0.15, 0.2) is 18.2 Å². The van der Waals surface area contributed by atoms with Gasteiger partial charge in [0.1, 0.15) is 5.82 Å². The standard InChI is InChI=1S/C16H19N3/c1-3-10-19-15-5-4-12(2)11-14(15)18-16(19)13-6-8-17-9-7-13/h1,4-5,11,13,17H,6-10H2,2H3. The van der Waals surface area contributed by atoms with Crippen molar-refractivity contribution in [1.29, 1.82) is 0 Å². The number of aromatic nitrogens is 2. The summed E-state index contributed by atoms with van der Waals surface area (Å²) in [6.07, 6.45) is 7.82. The average molecular weight is 253 g/mol. The SMILES string of the molecule is C#CCn1c(C2CCNCC2)nc2cc(C)ccc21. The maximum atomic E-state index is 5.53. The summed E-state index contributed by atoms with van der Waals surface area (Å²) in [6, 6.07) is 6.41. The first-order chi connectivity index (χ1) is 9.29.